The second-order valence-electron chi connectivity index (χ2n) is 5.13. The quantitative estimate of drug-likeness (QED) is 0.757. The summed E-state index contributed by atoms with van der Waals surface area (Å²) in [7, 11) is 1.58. The van der Waals surface area contributed by atoms with Gasteiger partial charge in [-0.3, -0.25) is 0 Å². The van der Waals surface area contributed by atoms with Gasteiger partial charge in [-0.15, -0.1) is 0 Å². The number of ether oxygens (including phenoxy) is 1. The summed E-state index contributed by atoms with van der Waals surface area (Å²) in [6.07, 6.45) is 0.807. The van der Waals surface area contributed by atoms with Gasteiger partial charge in [-0.1, -0.05) is 13.8 Å². The molecular formula is C16H26F2N2O. The van der Waals surface area contributed by atoms with Crippen LogP contribution in [0.4, 0.5) is 14.5 Å². The molecule has 0 spiro atoms. The Kier molecular flexibility index (Phi) is 7.61. The molecule has 0 amide bonds. The van der Waals surface area contributed by atoms with E-state index in [4.69, 9.17) is 4.74 Å². The molecule has 0 radical (unpaired) electrons. The standard InChI is InChI=1S/C16H26F2N2O/c1-5-12(3)20(7-8-21-4)16-14(17)9-13(10-15(16)18)11-19-6-2/h9-10,12,19H,5-8,11H2,1-4H3. The lowest BCUT2D eigenvalue weighted by Crippen LogP contribution is -2.36. The third kappa shape index (κ3) is 4.93. The van der Waals surface area contributed by atoms with E-state index in [2.05, 4.69) is 5.32 Å². The summed E-state index contributed by atoms with van der Waals surface area (Å²) in [6, 6.07) is 2.86. The van der Waals surface area contributed by atoms with Crippen molar-refractivity contribution < 1.29 is 13.5 Å². The molecule has 0 aliphatic rings. The van der Waals surface area contributed by atoms with Gasteiger partial charge in [-0.25, -0.2) is 8.78 Å². The van der Waals surface area contributed by atoms with Crippen molar-refractivity contribution in [3.05, 3.63) is 29.3 Å². The van der Waals surface area contributed by atoms with Crippen LogP contribution in [0.2, 0.25) is 0 Å². The largest absolute Gasteiger partial charge is 0.383 e. The van der Waals surface area contributed by atoms with Gasteiger partial charge in [0.15, 0.2) is 0 Å². The van der Waals surface area contributed by atoms with E-state index in [1.165, 1.54) is 12.1 Å². The van der Waals surface area contributed by atoms with E-state index in [9.17, 15) is 8.78 Å². The average Bonchev–Trinajstić information content (AvgIpc) is 2.46. The first-order valence-electron chi connectivity index (χ1n) is 7.49. The van der Waals surface area contributed by atoms with Gasteiger partial charge in [0.1, 0.15) is 17.3 Å². The zero-order chi connectivity index (χ0) is 15.8. The van der Waals surface area contributed by atoms with Gasteiger partial charge in [0.25, 0.3) is 0 Å². The van der Waals surface area contributed by atoms with Crippen LogP contribution >= 0.6 is 0 Å². The van der Waals surface area contributed by atoms with Crippen molar-refractivity contribution in [2.75, 3.05) is 31.7 Å². The van der Waals surface area contributed by atoms with E-state index in [1.807, 2.05) is 20.8 Å². The Balaban J connectivity index is 3.07. The first-order valence-corrected chi connectivity index (χ1v) is 7.49. The van der Waals surface area contributed by atoms with Crippen LogP contribution in [0.25, 0.3) is 0 Å². The number of hydrogen-bond acceptors (Lipinski definition) is 3. The fraction of sp³-hybridized carbons (Fsp3) is 0.625. The summed E-state index contributed by atoms with van der Waals surface area (Å²) in [5, 5.41) is 3.07. The molecule has 0 saturated heterocycles. The van der Waals surface area contributed by atoms with E-state index in [0.717, 1.165) is 13.0 Å². The Morgan fingerprint density at radius 1 is 1.24 bits per heavy atom. The van der Waals surface area contributed by atoms with Crippen LogP contribution < -0.4 is 10.2 Å². The summed E-state index contributed by atoms with van der Waals surface area (Å²) in [4.78, 5) is 1.74. The van der Waals surface area contributed by atoms with Crippen molar-refractivity contribution in [1.29, 1.82) is 0 Å². The van der Waals surface area contributed by atoms with Crippen LogP contribution in [0, 0.1) is 11.6 Å². The monoisotopic (exact) mass is 300 g/mol. The fourth-order valence-electron chi connectivity index (χ4n) is 2.23. The number of nitrogens with zero attached hydrogens (tertiary/aromatic N) is 1. The van der Waals surface area contributed by atoms with Crippen molar-refractivity contribution in [2.45, 2.75) is 39.8 Å². The topological polar surface area (TPSA) is 24.5 Å². The van der Waals surface area contributed by atoms with Crippen molar-refractivity contribution in [3.8, 4) is 0 Å². The molecule has 0 aliphatic heterocycles. The summed E-state index contributed by atoms with van der Waals surface area (Å²) in [5.41, 5.74) is 0.660. The van der Waals surface area contributed by atoms with Crippen molar-refractivity contribution >= 4 is 5.69 Å². The highest BCUT2D eigenvalue weighted by molar-refractivity contribution is 5.51. The van der Waals surface area contributed by atoms with E-state index in [1.54, 1.807) is 12.0 Å². The van der Waals surface area contributed by atoms with E-state index in [-0.39, 0.29) is 11.7 Å². The lowest BCUT2D eigenvalue weighted by molar-refractivity contribution is 0.203. The Labute approximate surface area is 126 Å². The van der Waals surface area contributed by atoms with Gasteiger partial charge in [0.05, 0.1) is 6.61 Å². The molecule has 1 unspecified atom stereocenters. The molecule has 1 rings (SSSR count). The molecule has 0 heterocycles. The highest BCUT2D eigenvalue weighted by Gasteiger charge is 2.21. The van der Waals surface area contributed by atoms with Crippen LogP contribution in [-0.4, -0.2) is 32.8 Å². The Bertz CT molecular complexity index is 417. The molecule has 0 saturated carbocycles. The molecule has 0 bridgehead atoms. The maximum atomic E-state index is 14.4. The molecule has 120 valence electrons. The first-order chi connectivity index (χ1) is 10.0. The molecular weight excluding hydrogens is 274 g/mol. The molecule has 1 aromatic rings. The fourth-order valence-corrected chi connectivity index (χ4v) is 2.23. The Morgan fingerprint density at radius 2 is 1.86 bits per heavy atom. The highest BCUT2D eigenvalue weighted by atomic mass is 19.1. The molecule has 21 heavy (non-hydrogen) atoms. The molecule has 0 aliphatic carbocycles. The van der Waals surface area contributed by atoms with E-state index >= 15 is 0 Å². The first kappa shape index (κ1) is 17.9. The van der Waals surface area contributed by atoms with Crippen LogP contribution in [0.15, 0.2) is 12.1 Å². The molecule has 0 fully saturated rings. The number of nitrogens with one attached hydrogen (secondary N) is 1. The van der Waals surface area contributed by atoms with E-state index in [0.29, 0.717) is 25.3 Å². The lowest BCUT2D eigenvalue weighted by Gasteiger charge is -2.31. The zero-order valence-electron chi connectivity index (χ0n) is 13.4. The number of anilines is 1. The molecule has 1 N–H and O–H groups in total. The Morgan fingerprint density at radius 3 is 2.33 bits per heavy atom. The van der Waals surface area contributed by atoms with Crippen molar-refractivity contribution in [1.82, 2.24) is 5.32 Å². The normalized spacial score (nSPS) is 12.5. The van der Waals surface area contributed by atoms with Gasteiger partial charge in [0, 0.05) is 26.2 Å². The third-order valence-corrected chi connectivity index (χ3v) is 3.60. The number of methoxy groups -OCH3 is 1. The van der Waals surface area contributed by atoms with Gasteiger partial charge in [-0.2, -0.15) is 0 Å². The zero-order valence-corrected chi connectivity index (χ0v) is 13.4. The molecule has 1 aromatic carbocycles. The number of hydrogen-bond donors (Lipinski definition) is 1. The molecule has 5 heteroatoms. The molecule has 1 atom stereocenters. The lowest BCUT2D eigenvalue weighted by atomic mass is 10.1. The minimum Gasteiger partial charge on any atom is -0.383 e. The Hall–Kier alpha value is -1.20. The SMILES string of the molecule is CCNCc1cc(F)c(N(CCOC)C(C)CC)c(F)c1. The summed E-state index contributed by atoms with van der Waals surface area (Å²) >= 11 is 0. The average molecular weight is 300 g/mol. The second kappa shape index (κ2) is 8.95. The van der Waals surface area contributed by atoms with Crippen LogP contribution in [0.1, 0.15) is 32.8 Å². The van der Waals surface area contributed by atoms with Crippen LogP contribution in [0.3, 0.4) is 0 Å². The summed E-state index contributed by atoms with van der Waals surface area (Å²) in [5.74, 6) is -1.03. The maximum absolute atomic E-state index is 14.4. The maximum Gasteiger partial charge on any atom is 0.149 e. The van der Waals surface area contributed by atoms with Gasteiger partial charge in [-0.05, 0) is 37.6 Å². The number of benzene rings is 1. The molecule has 3 nitrogen and oxygen atoms in total. The molecule has 0 aromatic heterocycles. The minimum absolute atomic E-state index is 0.0432. The van der Waals surface area contributed by atoms with Crippen molar-refractivity contribution in [3.63, 3.8) is 0 Å². The van der Waals surface area contributed by atoms with Crippen LogP contribution in [0.5, 0.6) is 0 Å². The highest BCUT2D eigenvalue weighted by Crippen LogP contribution is 2.27. The number of halogens is 2. The predicted octanol–water partition coefficient (Wildman–Crippen LogP) is 3.33. The van der Waals surface area contributed by atoms with Crippen molar-refractivity contribution in [2.24, 2.45) is 0 Å². The summed E-state index contributed by atoms with van der Waals surface area (Å²) < 4.78 is 33.8. The minimum atomic E-state index is -0.515. The van der Waals surface area contributed by atoms with Crippen LogP contribution in [-0.2, 0) is 11.3 Å². The second-order valence-corrected chi connectivity index (χ2v) is 5.13. The number of rotatable bonds is 9. The third-order valence-electron chi connectivity index (χ3n) is 3.60. The summed E-state index contributed by atoms with van der Waals surface area (Å²) in [6.45, 7) is 8.04. The van der Waals surface area contributed by atoms with Gasteiger partial charge >= 0.3 is 0 Å². The van der Waals surface area contributed by atoms with E-state index < -0.39 is 11.6 Å². The van der Waals surface area contributed by atoms with Gasteiger partial charge < -0.3 is 15.0 Å². The van der Waals surface area contributed by atoms with Gasteiger partial charge in [0.2, 0.25) is 0 Å². The predicted molar refractivity (Wildman–Crippen MR) is 82.7 cm³/mol. The smallest absolute Gasteiger partial charge is 0.149 e.